The standard InChI is InChI=1S/C18H18Br2O2/c19-15-5-9-17(10-6-15)21-13-3-1-2-4-14-22-18-11-7-16(20)8-12-18/h1-2,5-12H,3-4,13-14H2/b2-1+. The summed E-state index contributed by atoms with van der Waals surface area (Å²) < 4.78 is 13.4. The van der Waals surface area contributed by atoms with Gasteiger partial charge < -0.3 is 9.47 Å². The van der Waals surface area contributed by atoms with Crippen LogP contribution in [0.1, 0.15) is 12.8 Å². The zero-order valence-electron chi connectivity index (χ0n) is 12.2. The van der Waals surface area contributed by atoms with Crippen LogP contribution in [0.3, 0.4) is 0 Å². The summed E-state index contributed by atoms with van der Waals surface area (Å²) in [6.45, 7) is 1.37. The largest absolute Gasteiger partial charge is 0.493 e. The molecule has 4 heteroatoms. The van der Waals surface area contributed by atoms with Crippen LogP contribution in [0, 0.1) is 0 Å². The molecule has 2 aromatic carbocycles. The summed E-state index contributed by atoms with van der Waals surface area (Å²) in [6.07, 6.45) is 6.05. The van der Waals surface area contributed by atoms with E-state index in [0.717, 1.165) is 33.3 Å². The van der Waals surface area contributed by atoms with Gasteiger partial charge in [-0.3, -0.25) is 0 Å². The molecule has 2 nitrogen and oxygen atoms in total. The fourth-order valence-corrected chi connectivity index (χ4v) is 2.32. The molecule has 116 valence electrons. The smallest absolute Gasteiger partial charge is 0.119 e. The molecule has 0 N–H and O–H groups in total. The van der Waals surface area contributed by atoms with Crippen LogP contribution < -0.4 is 9.47 Å². The Hall–Kier alpha value is -1.26. The Labute approximate surface area is 148 Å². The van der Waals surface area contributed by atoms with Gasteiger partial charge in [0.2, 0.25) is 0 Å². The van der Waals surface area contributed by atoms with E-state index >= 15 is 0 Å². The second-order valence-electron chi connectivity index (χ2n) is 4.65. The van der Waals surface area contributed by atoms with Crippen molar-refractivity contribution in [1.82, 2.24) is 0 Å². The third-order valence-electron chi connectivity index (χ3n) is 2.90. The Balaban J connectivity index is 1.54. The van der Waals surface area contributed by atoms with E-state index in [1.54, 1.807) is 0 Å². The molecule has 0 aliphatic carbocycles. The molecule has 2 aromatic rings. The van der Waals surface area contributed by atoms with Gasteiger partial charge in [0.1, 0.15) is 11.5 Å². The molecule has 0 aliphatic rings. The summed E-state index contributed by atoms with van der Waals surface area (Å²) in [5.41, 5.74) is 0. The molecule has 0 amide bonds. The highest BCUT2D eigenvalue weighted by atomic mass is 79.9. The Morgan fingerprint density at radius 1 is 0.636 bits per heavy atom. The lowest BCUT2D eigenvalue weighted by Crippen LogP contribution is -1.96. The topological polar surface area (TPSA) is 18.5 Å². The van der Waals surface area contributed by atoms with Crippen LogP contribution in [0.5, 0.6) is 11.5 Å². The van der Waals surface area contributed by atoms with Crippen molar-refractivity contribution in [2.24, 2.45) is 0 Å². The number of halogens is 2. The molecule has 0 bridgehead atoms. The predicted molar refractivity (Wildman–Crippen MR) is 97.6 cm³/mol. The van der Waals surface area contributed by atoms with E-state index in [9.17, 15) is 0 Å². The number of ether oxygens (including phenoxy) is 2. The lowest BCUT2D eigenvalue weighted by Gasteiger charge is -2.04. The van der Waals surface area contributed by atoms with Crippen molar-refractivity contribution in [2.45, 2.75) is 12.8 Å². The first-order valence-electron chi connectivity index (χ1n) is 7.16. The van der Waals surface area contributed by atoms with Gasteiger partial charge in [-0.25, -0.2) is 0 Å². The summed E-state index contributed by atoms with van der Waals surface area (Å²) in [6, 6.07) is 15.7. The van der Waals surface area contributed by atoms with E-state index in [2.05, 4.69) is 44.0 Å². The zero-order chi connectivity index (χ0) is 15.6. The molecule has 0 aliphatic heterocycles. The first-order chi connectivity index (χ1) is 10.7. The quantitative estimate of drug-likeness (QED) is 0.381. The third kappa shape index (κ3) is 6.67. The molecular weight excluding hydrogens is 408 g/mol. The minimum atomic E-state index is 0.686. The molecule has 0 saturated carbocycles. The molecular formula is C18H18Br2O2. The van der Waals surface area contributed by atoms with Crippen molar-refractivity contribution >= 4 is 31.9 Å². The normalized spacial score (nSPS) is 10.8. The van der Waals surface area contributed by atoms with Crippen molar-refractivity contribution in [3.8, 4) is 11.5 Å². The number of rotatable bonds is 8. The van der Waals surface area contributed by atoms with Crippen LogP contribution in [0.4, 0.5) is 0 Å². The van der Waals surface area contributed by atoms with Crippen LogP contribution in [0.25, 0.3) is 0 Å². The van der Waals surface area contributed by atoms with Crippen LogP contribution in [0.15, 0.2) is 69.6 Å². The maximum absolute atomic E-state index is 5.64. The summed E-state index contributed by atoms with van der Waals surface area (Å²) in [5.74, 6) is 1.80. The zero-order valence-corrected chi connectivity index (χ0v) is 15.3. The molecule has 0 radical (unpaired) electrons. The van der Waals surface area contributed by atoms with E-state index in [4.69, 9.17) is 9.47 Å². The van der Waals surface area contributed by atoms with Crippen LogP contribution >= 0.6 is 31.9 Å². The first-order valence-corrected chi connectivity index (χ1v) is 8.74. The van der Waals surface area contributed by atoms with E-state index in [0.29, 0.717) is 13.2 Å². The van der Waals surface area contributed by atoms with Gasteiger partial charge in [-0.1, -0.05) is 44.0 Å². The maximum atomic E-state index is 5.64. The number of benzene rings is 2. The van der Waals surface area contributed by atoms with E-state index in [1.165, 1.54) is 0 Å². The second kappa shape index (κ2) is 9.70. The number of hydrogen-bond donors (Lipinski definition) is 0. The number of hydrogen-bond acceptors (Lipinski definition) is 2. The van der Waals surface area contributed by atoms with E-state index in [-0.39, 0.29) is 0 Å². The monoisotopic (exact) mass is 424 g/mol. The van der Waals surface area contributed by atoms with Gasteiger partial charge in [-0.15, -0.1) is 0 Å². The van der Waals surface area contributed by atoms with E-state index < -0.39 is 0 Å². The third-order valence-corrected chi connectivity index (χ3v) is 3.96. The van der Waals surface area contributed by atoms with Gasteiger partial charge in [-0.05, 0) is 61.4 Å². The minimum absolute atomic E-state index is 0.686. The average molecular weight is 426 g/mol. The second-order valence-corrected chi connectivity index (χ2v) is 6.48. The molecule has 0 unspecified atom stereocenters. The Kier molecular flexibility index (Phi) is 7.54. The van der Waals surface area contributed by atoms with Crippen molar-refractivity contribution in [3.05, 3.63) is 69.6 Å². The highest BCUT2D eigenvalue weighted by Gasteiger charge is 1.93. The highest BCUT2D eigenvalue weighted by molar-refractivity contribution is 9.10. The van der Waals surface area contributed by atoms with Gasteiger partial charge in [-0.2, -0.15) is 0 Å². The van der Waals surface area contributed by atoms with Crippen molar-refractivity contribution in [3.63, 3.8) is 0 Å². The van der Waals surface area contributed by atoms with Gasteiger partial charge >= 0.3 is 0 Å². The van der Waals surface area contributed by atoms with Crippen molar-refractivity contribution in [2.75, 3.05) is 13.2 Å². The Morgan fingerprint density at radius 2 is 1.00 bits per heavy atom. The SMILES string of the molecule is Brc1ccc(OCC/C=C/CCOc2ccc(Br)cc2)cc1. The Bertz CT molecular complexity index is 524. The maximum Gasteiger partial charge on any atom is 0.119 e. The molecule has 0 aromatic heterocycles. The fourth-order valence-electron chi connectivity index (χ4n) is 1.79. The highest BCUT2D eigenvalue weighted by Crippen LogP contribution is 2.17. The molecule has 0 fully saturated rings. The van der Waals surface area contributed by atoms with Gasteiger partial charge in [0.25, 0.3) is 0 Å². The lowest BCUT2D eigenvalue weighted by molar-refractivity contribution is 0.320. The lowest BCUT2D eigenvalue weighted by atomic mass is 10.3. The van der Waals surface area contributed by atoms with Gasteiger partial charge in [0.15, 0.2) is 0 Å². The van der Waals surface area contributed by atoms with E-state index in [1.807, 2.05) is 48.5 Å². The molecule has 0 spiro atoms. The molecule has 0 heterocycles. The van der Waals surface area contributed by atoms with Crippen molar-refractivity contribution < 1.29 is 9.47 Å². The average Bonchev–Trinajstić information content (AvgIpc) is 2.53. The molecule has 2 rings (SSSR count). The first kappa shape index (κ1) is 17.1. The Morgan fingerprint density at radius 3 is 1.36 bits per heavy atom. The molecule has 0 atom stereocenters. The fraction of sp³-hybridized carbons (Fsp3) is 0.222. The summed E-state index contributed by atoms with van der Waals surface area (Å²) in [4.78, 5) is 0. The predicted octanol–water partition coefficient (Wildman–Crippen LogP) is 6.01. The minimum Gasteiger partial charge on any atom is -0.493 e. The summed E-state index contributed by atoms with van der Waals surface area (Å²) in [5, 5.41) is 0. The van der Waals surface area contributed by atoms with Crippen LogP contribution in [-0.4, -0.2) is 13.2 Å². The summed E-state index contributed by atoms with van der Waals surface area (Å²) in [7, 11) is 0. The molecule has 0 saturated heterocycles. The molecule has 22 heavy (non-hydrogen) atoms. The van der Waals surface area contributed by atoms with Gasteiger partial charge in [0.05, 0.1) is 13.2 Å². The summed E-state index contributed by atoms with van der Waals surface area (Å²) >= 11 is 6.80. The van der Waals surface area contributed by atoms with Crippen LogP contribution in [0.2, 0.25) is 0 Å². The van der Waals surface area contributed by atoms with Crippen molar-refractivity contribution in [1.29, 1.82) is 0 Å². The van der Waals surface area contributed by atoms with Gasteiger partial charge in [0, 0.05) is 8.95 Å². The van der Waals surface area contributed by atoms with Crippen LogP contribution in [-0.2, 0) is 0 Å².